The Morgan fingerprint density at radius 3 is 2.76 bits per heavy atom. The molecule has 0 bridgehead atoms. The SMILES string of the molecule is CCC(O)c1noc(-c2ccc(C)cc2C)n1. The molecule has 2 aromatic rings. The van der Waals surface area contributed by atoms with Gasteiger partial charge in [-0.05, 0) is 31.9 Å². The van der Waals surface area contributed by atoms with Crippen LogP contribution < -0.4 is 0 Å². The first-order valence-electron chi connectivity index (χ1n) is 5.71. The van der Waals surface area contributed by atoms with Crippen LogP contribution in [0.1, 0.15) is 36.4 Å². The predicted molar refractivity (Wildman–Crippen MR) is 64.5 cm³/mol. The average Bonchev–Trinajstić information content (AvgIpc) is 2.77. The van der Waals surface area contributed by atoms with Gasteiger partial charge in [-0.15, -0.1) is 0 Å². The molecule has 4 heteroatoms. The summed E-state index contributed by atoms with van der Waals surface area (Å²) >= 11 is 0. The molecule has 90 valence electrons. The Morgan fingerprint density at radius 1 is 1.35 bits per heavy atom. The fourth-order valence-electron chi connectivity index (χ4n) is 1.72. The fraction of sp³-hybridized carbons (Fsp3) is 0.385. The van der Waals surface area contributed by atoms with Crippen molar-refractivity contribution in [2.24, 2.45) is 0 Å². The van der Waals surface area contributed by atoms with E-state index < -0.39 is 6.10 Å². The number of rotatable bonds is 3. The van der Waals surface area contributed by atoms with Crippen molar-refractivity contribution in [3.63, 3.8) is 0 Å². The number of hydrogen-bond acceptors (Lipinski definition) is 4. The highest BCUT2D eigenvalue weighted by molar-refractivity contribution is 5.58. The number of nitrogens with zero attached hydrogens (tertiary/aromatic N) is 2. The van der Waals surface area contributed by atoms with E-state index in [2.05, 4.69) is 16.2 Å². The van der Waals surface area contributed by atoms with Crippen LogP contribution in [0.2, 0.25) is 0 Å². The van der Waals surface area contributed by atoms with Gasteiger partial charge in [-0.3, -0.25) is 0 Å². The van der Waals surface area contributed by atoms with Crippen LogP contribution in [-0.4, -0.2) is 15.2 Å². The number of hydrogen-bond donors (Lipinski definition) is 1. The third-order valence-electron chi connectivity index (χ3n) is 2.74. The van der Waals surface area contributed by atoms with E-state index in [1.54, 1.807) is 0 Å². The molecular formula is C13H16N2O2. The van der Waals surface area contributed by atoms with E-state index in [0.717, 1.165) is 11.1 Å². The molecule has 17 heavy (non-hydrogen) atoms. The van der Waals surface area contributed by atoms with Gasteiger partial charge in [0, 0.05) is 5.56 Å². The van der Waals surface area contributed by atoms with E-state index in [1.807, 2.05) is 32.9 Å². The molecule has 1 aromatic heterocycles. The maximum Gasteiger partial charge on any atom is 0.258 e. The molecular weight excluding hydrogens is 216 g/mol. The van der Waals surface area contributed by atoms with Crippen LogP contribution in [0, 0.1) is 13.8 Å². The average molecular weight is 232 g/mol. The molecule has 0 aliphatic heterocycles. The summed E-state index contributed by atoms with van der Waals surface area (Å²) in [5.41, 5.74) is 3.20. The lowest BCUT2D eigenvalue weighted by molar-refractivity contribution is 0.159. The largest absolute Gasteiger partial charge is 0.385 e. The Bertz CT molecular complexity index is 520. The maximum absolute atomic E-state index is 9.62. The van der Waals surface area contributed by atoms with Crippen LogP contribution in [0.3, 0.4) is 0 Å². The summed E-state index contributed by atoms with van der Waals surface area (Å²) in [6.45, 7) is 5.91. The summed E-state index contributed by atoms with van der Waals surface area (Å²) in [5.74, 6) is 0.812. The molecule has 1 aromatic carbocycles. The lowest BCUT2D eigenvalue weighted by Crippen LogP contribution is -1.97. The van der Waals surface area contributed by atoms with Crippen molar-refractivity contribution in [1.82, 2.24) is 10.1 Å². The highest BCUT2D eigenvalue weighted by atomic mass is 16.5. The zero-order valence-corrected chi connectivity index (χ0v) is 10.3. The van der Waals surface area contributed by atoms with Crippen LogP contribution >= 0.6 is 0 Å². The molecule has 0 spiro atoms. The van der Waals surface area contributed by atoms with Gasteiger partial charge in [0.15, 0.2) is 0 Å². The molecule has 0 fully saturated rings. The normalized spacial score (nSPS) is 12.7. The Labute approximate surface area is 100 Å². The Kier molecular flexibility index (Phi) is 3.24. The smallest absolute Gasteiger partial charge is 0.258 e. The third kappa shape index (κ3) is 2.36. The van der Waals surface area contributed by atoms with Crippen molar-refractivity contribution in [1.29, 1.82) is 0 Å². The van der Waals surface area contributed by atoms with Gasteiger partial charge < -0.3 is 9.63 Å². The van der Waals surface area contributed by atoms with Gasteiger partial charge >= 0.3 is 0 Å². The van der Waals surface area contributed by atoms with Gasteiger partial charge in [-0.1, -0.05) is 29.8 Å². The van der Waals surface area contributed by atoms with Crippen molar-refractivity contribution in [2.75, 3.05) is 0 Å². The molecule has 0 saturated carbocycles. The molecule has 0 aliphatic rings. The summed E-state index contributed by atoms with van der Waals surface area (Å²) in [5, 5.41) is 13.4. The topological polar surface area (TPSA) is 59.2 Å². The molecule has 1 N–H and O–H groups in total. The van der Waals surface area contributed by atoms with E-state index in [4.69, 9.17) is 4.52 Å². The van der Waals surface area contributed by atoms with Gasteiger partial charge in [0.25, 0.3) is 5.89 Å². The molecule has 1 atom stereocenters. The van der Waals surface area contributed by atoms with E-state index in [-0.39, 0.29) is 0 Å². The van der Waals surface area contributed by atoms with E-state index >= 15 is 0 Å². The van der Waals surface area contributed by atoms with Gasteiger partial charge in [-0.2, -0.15) is 4.98 Å². The summed E-state index contributed by atoms with van der Waals surface area (Å²) in [6, 6.07) is 6.03. The van der Waals surface area contributed by atoms with E-state index in [0.29, 0.717) is 18.1 Å². The molecule has 1 heterocycles. The second kappa shape index (κ2) is 4.67. The number of aliphatic hydroxyl groups is 1. The van der Waals surface area contributed by atoms with Gasteiger partial charge in [-0.25, -0.2) is 0 Å². The van der Waals surface area contributed by atoms with Crippen molar-refractivity contribution >= 4 is 0 Å². The summed E-state index contributed by atoms with van der Waals surface area (Å²) in [7, 11) is 0. The molecule has 1 unspecified atom stereocenters. The minimum absolute atomic E-state index is 0.350. The van der Waals surface area contributed by atoms with Crippen molar-refractivity contribution in [3.8, 4) is 11.5 Å². The van der Waals surface area contributed by atoms with Gasteiger partial charge in [0.05, 0.1) is 0 Å². The van der Waals surface area contributed by atoms with Gasteiger partial charge in [0.2, 0.25) is 5.82 Å². The highest BCUT2D eigenvalue weighted by Crippen LogP contribution is 2.24. The molecule has 0 aliphatic carbocycles. The second-order valence-electron chi connectivity index (χ2n) is 4.20. The quantitative estimate of drug-likeness (QED) is 0.884. The van der Waals surface area contributed by atoms with Crippen LogP contribution in [-0.2, 0) is 0 Å². The van der Waals surface area contributed by atoms with Crippen LogP contribution in [0.15, 0.2) is 22.7 Å². The number of aliphatic hydroxyl groups excluding tert-OH is 1. The Balaban J connectivity index is 2.37. The van der Waals surface area contributed by atoms with Gasteiger partial charge in [0.1, 0.15) is 6.10 Å². The third-order valence-corrected chi connectivity index (χ3v) is 2.74. The summed E-state index contributed by atoms with van der Waals surface area (Å²) in [6.07, 6.45) is -0.0791. The summed E-state index contributed by atoms with van der Waals surface area (Å²) in [4.78, 5) is 4.21. The van der Waals surface area contributed by atoms with E-state index in [1.165, 1.54) is 5.56 Å². The van der Waals surface area contributed by atoms with Crippen LogP contribution in [0.5, 0.6) is 0 Å². The molecule has 2 rings (SSSR count). The van der Waals surface area contributed by atoms with Crippen molar-refractivity contribution in [2.45, 2.75) is 33.3 Å². The summed E-state index contributed by atoms with van der Waals surface area (Å²) < 4.78 is 5.17. The zero-order valence-electron chi connectivity index (χ0n) is 10.3. The first-order chi connectivity index (χ1) is 8.11. The number of aryl methyl sites for hydroxylation is 2. The standard InChI is InChI=1S/C13H16N2O2/c1-4-11(16)12-14-13(17-15-12)10-6-5-8(2)7-9(10)3/h5-7,11,16H,4H2,1-3H3. The monoisotopic (exact) mass is 232 g/mol. The first-order valence-corrected chi connectivity index (χ1v) is 5.71. The number of aromatic nitrogens is 2. The minimum Gasteiger partial charge on any atom is -0.385 e. The van der Waals surface area contributed by atoms with Crippen LogP contribution in [0.25, 0.3) is 11.5 Å². The number of benzene rings is 1. The van der Waals surface area contributed by atoms with E-state index in [9.17, 15) is 5.11 Å². The lowest BCUT2D eigenvalue weighted by atomic mass is 10.1. The Morgan fingerprint density at radius 2 is 2.12 bits per heavy atom. The first kappa shape index (κ1) is 11.8. The molecule has 0 saturated heterocycles. The maximum atomic E-state index is 9.62. The minimum atomic E-state index is -0.654. The van der Waals surface area contributed by atoms with Crippen molar-refractivity contribution in [3.05, 3.63) is 35.2 Å². The molecule has 0 amide bonds. The molecule has 4 nitrogen and oxygen atoms in total. The zero-order chi connectivity index (χ0) is 12.4. The van der Waals surface area contributed by atoms with Crippen molar-refractivity contribution < 1.29 is 9.63 Å². The fourth-order valence-corrected chi connectivity index (χ4v) is 1.72. The predicted octanol–water partition coefficient (Wildman–Crippen LogP) is 2.80. The lowest BCUT2D eigenvalue weighted by Gasteiger charge is -2.01. The molecule has 0 radical (unpaired) electrons. The second-order valence-corrected chi connectivity index (χ2v) is 4.20. The highest BCUT2D eigenvalue weighted by Gasteiger charge is 2.15. The Hall–Kier alpha value is -1.68. The van der Waals surface area contributed by atoms with Crippen LogP contribution in [0.4, 0.5) is 0 Å².